The van der Waals surface area contributed by atoms with Crippen molar-refractivity contribution in [3.8, 4) is 0 Å². The third-order valence-electron chi connectivity index (χ3n) is 4.86. The molecule has 0 aliphatic heterocycles. The first kappa shape index (κ1) is 25.4. The summed E-state index contributed by atoms with van der Waals surface area (Å²) in [6, 6.07) is 18.5. The number of nitrogens with zero attached hydrogens (tertiary/aromatic N) is 3. The molecule has 3 aromatic rings. The smallest absolute Gasteiger partial charge is 0.255 e. The second kappa shape index (κ2) is 11.2. The Morgan fingerprint density at radius 2 is 1.62 bits per heavy atom. The molecule has 0 atom stereocenters. The Morgan fingerprint density at radius 3 is 2.21 bits per heavy atom. The number of carbonyl (C=O) groups is 1. The van der Waals surface area contributed by atoms with Gasteiger partial charge in [-0.1, -0.05) is 35.9 Å². The summed E-state index contributed by atoms with van der Waals surface area (Å²) in [4.78, 5) is 14.5. The number of hydrazone groups is 1. The molecule has 0 aromatic heterocycles. The molecule has 0 fully saturated rings. The van der Waals surface area contributed by atoms with Crippen LogP contribution >= 0.6 is 11.6 Å². The average Bonchev–Trinajstić information content (AvgIpc) is 2.80. The van der Waals surface area contributed by atoms with Gasteiger partial charge in [-0.2, -0.15) is 9.41 Å². The Bertz CT molecular complexity index is 1250. The minimum absolute atomic E-state index is 0.0173. The largest absolute Gasteiger partial charge is 0.378 e. The Morgan fingerprint density at radius 1 is 1.00 bits per heavy atom. The van der Waals surface area contributed by atoms with Gasteiger partial charge in [0.25, 0.3) is 5.91 Å². The number of benzene rings is 3. The van der Waals surface area contributed by atoms with E-state index < -0.39 is 28.3 Å². The first-order valence-electron chi connectivity index (χ1n) is 10.2. The summed E-state index contributed by atoms with van der Waals surface area (Å²) in [5.74, 6) is -1.07. The zero-order valence-electron chi connectivity index (χ0n) is 18.7. The molecule has 0 aliphatic carbocycles. The number of hydrogen-bond acceptors (Lipinski definition) is 5. The van der Waals surface area contributed by atoms with Gasteiger partial charge in [-0.25, -0.2) is 18.2 Å². The summed E-state index contributed by atoms with van der Waals surface area (Å²) in [5.41, 5.74) is 4.67. The van der Waals surface area contributed by atoms with Crippen LogP contribution in [-0.4, -0.2) is 45.5 Å². The van der Waals surface area contributed by atoms with Crippen LogP contribution in [0.3, 0.4) is 0 Å². The highest BCUT2D eigenvalue weighted by Crippen LogP contribution is 2.20. The number of amides is 1. The van der Waals surface area contributed by atoms with Gasteiger partial charge in [0.05, 0.1) is 17.7 Å². The van der Waals surface area contributed by atoms with Crippen molar-refractivity contribution in [3.05, 3.63) is 94.8 Å². The maximum absolute atomic E-state index is 13.3. The third-order valence-corrected chi connectivity index (χ3v) is 6.91. The van der Waals surface area contributed by atoms with E-state index in [1.54, 1.807) is 0 Å². The molecular formula is C24H24ClFN4O3S. The van der Waals surface area contributed by atoms with Gasteiger partial charge in [-0.05, 0) is 59.7 Å². The second-order valence-corrected chi connectivity index (χ2v) is 10.0. The lowest BCUT2D eigenvalue weighted by atomic mass is 10.2. The van der Waals surface area contributed by atoms with Gasteiger partial charge >= 0.3 is 0 Å². The standard InChI is InChI=1S/C24H24ClFN4O3S/c1-29(2)22-11-5-18(6-12-22)15-27-28-24(31)17-30(16-19-3-9-21(26)10-4-19)34(32,33)23-13-7-20(25)8-14-23/h3-15H,16-17H2,1-2H3,(H,28,31)/b27-15-. The highest BCUT2D eigenvalue weighted by atomic mass is 35.5. The molecule has 0 radical (unpaired) electrons. The van der Waals surface area contributed by atoms with Crippen LogP contribution < -0.4 is 10.3 Å². The molecule has 178 valence electrons. The van der Waals surface area contributed by atoms with Crippen molar-refractivity contribution >= 4 is 39.4 Å². The monoisotopic (exact) mass is 502 g/mol. The van der Waals surface area contributed by atoms with Gasteiger partial charge in [0.2, 0.25) is 10.0 Å². The van der Waals surface area contributed by atoms with Crippen LogP contribution in [0, 0.1) is 5.82 Å². The molecule has 3 rings (SSSR count). The van der Waals surface area contributed by atoms with Gasteiger partial charge in [-0.3, -0.25) is 4.79 Å². The fourth-order valence-electron chi connectivity index (χ4n) is 3.01. The van der Waals surface area contributed by atoms with Crippen LogP contribution in [0.25, 0.3) is 0 Å². The van der Waals surface area contributed by atoms with Gasteiger partial charge in [0, 0.05) is 31.4 Å². The topological polar surface area (TPSA) is 82.1 Å². The van der Waals surface area contributed by atoms with Crippen molar-refractivity contribution < 1.29 is 17.6 Å². The SMILES string of the molecule is CN(C)c1ccc(/C=N\NC(=O)CN(Cc2ccc(F)cc2)S(=O)(=O)c2ccc(Cl)cc2)cc1. The van der Waals surface area contributed by atoms with Gasteiger partial charge in [-0.15, -0.1) is 0 Å². The number of sulfonamides is 1. The normalized spacial score (nSPS) is 11.7. The number of halogens is 2. The number of anilines is 1. The molecule has 1 amide bonds. The van der Waals surface area contributed by atoms with Crippen LogP contribution in [0.2, 0.25) is 5.02 Å². The van der Waals surface area contributed by atoms with Gasteiger partial charge in [0.1, 0.15) is 5.82 Å². The van der Waals surface area contributed by atoms with Crippen LogP contribution in [0.5, 0.6) is 0 Å². The van der Waals surface area contributed by atoms with Crippen molar-refractivity contribution in [2.45, 2.75) is 11.4 Å². The van der Waals surface area contributed by atoms with E-state index in [1.807, 2.05) is 43.3 Å². The van der Waals surface area contributed by atoms with Crippen molar-refractivity contribution in [1.82, 2.24) is 9.73 Å². The number of nitrogens with one attached hydrogen (secondary N) is 1. The van der Waals surface area contributed by atoms with Crippen LogP contribution in [0.15, 0.2) is 82.8 Å². The van der Waals surface area contributed by atoms with Gasteiger partial charge in [0.15, 0.2) is 0 Å². The summed E-state index contributed by atoms with van der Waals surface area (Å²) >= 11 is 5.88. The maximum atomic E-state index is 13.3. The minimum Gasteiger partial charge on any atom is -0.378 e. The zero-order valence-corrected chi connectivity index (χ0v) is 20.2. The average molecular weight is 503 g/mol. The Balaban J connectivity index is 1.75. The predicted molar refractivity (Wildman–Crippen MR) is 132 cm³/mol. The van der Waals surface area contributed by atoms with E-state index >= 15 is 0 Å². The highest BCUT2D eigenvalue weighted by molar-refractivity contribution is 7.89. The number of carbonyl (C=O) groups excluding carboxylic acids is 1. The molecule has 7 nitrogen and oxygen atoms in total. The first-order valence-corrected chi connectivity index (χ1v) is 12.1. The van der Waals surface area contributed by atoms with E-state index in [-0.39, 0.29) is 11.4 Å². The third kappa shape index (κ3) is 6.86. The van der Waals surface area contributed by atoms with Crippen molar-refractivity contribution in [2.75, 3.05) is 25.5 Å². The molecule has 0 bridgehead atoms. The molecule has 0 unspecified atom stereocenters. The fourth-order valence-corrected chi connectivity index (χ4v) is 4.52. The van der Waals surface area contributed by atoms with E-state index in [1.165, 1.54) is 54.7 Å². The molecule has 0 aliphatic rings. The van der Waals surface area contributed by atoms with E-state index in [2.05, 4.69) is 10.5 Å². The lowest BCUT2D eigenvalue weighted by Gasteiger charge is -2.21. The lowest BCUT2D eigenvalue weighted by molar-refractivity contribution is -0.121. The van der Waals surface area contributed by atoms with E-state index in [0.717, 1.165) is 15.6 Å². The quantitative estimate of drug-likeness (QED) is 0.355. The summed E-state index contributed by atoms with van der Waals surface area (Å²) in [7, 11) is -0.188. The van der Waals surface area contributed by atoms with Crippen molar-refractivity contribution in [2.24, 2.45) is 5.10 Å². The van der Waals surface area contributed by atoms with E-state index in [4.69, 9.17) is 11.6 Å². The molecule has 0 heterocycles. The number of hydrogen-bond donors (Lipinski definition) is 1. The van der Waals surface area contributed by atoms with E-state index in [9.17, 15) is 17.6 Å². The van der Waals surface area contributed by atoms with Crippen LogP contribution in [0.1, 0.15) is 11.1 Å². The van der Waals surface area contributed by atoms with Crippen molar-refractivity contribution in [3.63, 3.8) is 0 Å². The molecular weight excluding hydrogens is 479 g/mol. The lowest BCUT2D eigenvalue weighted by Crippen LogP contribution is -2.39. The Labute approximate surface area is 203 Å². The Hall–Kier alpha value is -3.27. The molecule has 0 spiro atoms. The molecule has 10 heteroatoms. The van der Waals surface area contributed by atoms with Gasteiger partial charge < -0.3 is 4.90 Å². The molecule has 0 saturated carbocycles. The molecule has 3 aromatic carbocycles. The summed E-state index contributed by atoms with van der Waals surface area (Å²) in [6.07, 6.45) is 1.47. The summed E-state index contributed by atoms with van der Waals surface area (Å²) in [6.45, 7) is -0.617. The maximum Gasteiger partial charge on any atom is 0.255 e. The van der Waals surface area contributed by atoms with Crippen molar-refractivity contribution in [1.29, 1.82) is 0 Å². The Kier molecular flexibility index (Phi) is 8.38. The van der Waals surface area contributed by atoms with Crippen LogP contribution in [-0.2, 0) is 21.4 Å². The first-order chi connectivity index (χ1) is 16.1. The van der Waals surface area contributed by atoms with E-state index in [0.29, 0.717) is 10.6 Å². The molecule has 34 heavy (non-hydrogen) atoms. The number of rotatable bonds is 9. The van der Waals surface area contributed by atoms with Crippen LogP contribution in [0.4, 0.5) is 10.1 Å². The molecule has 1 N–H and O–H groups in total. The zero-order chi connectivity index (χ0) is 24.7. The highest BCUT2D eigenvalue weighted by Gasteiger charge is 2.27. The second-order valence-electron chi connectivity index (χ2n) is 7.63. The summed E-state index contributed by atoms with van der Waals surface area (Å²) in [5, 5.41) is 4.31. The molecule has 0 saturated heterocycles. The minimum atomic E-state index is -4.05. The predicted octanol–water partition coefficient (Wildman–Crippen LogP) is 3.89. The fraction of sp³-hybridized carbons (Fsp3) is 0.167. The summed E-state index contributed by atoms with van der Waals surface area (Å²) < 4.78 is 40.7.